The number of rotatable bonds is 3. The van der Waals surface area contributed by atoms with Crippen molar-refractivity contribution in [2.24, 2.45) is 0 Å². The van der Waals surface area contributed by atoms with Crippen LogP contribution in [0.1, 0.15) is 5.56 Å². The predicted octanol–water partition coefficient (Wildman–Crippen LogP) is 2.79. The first kappa shape index (κ1) is 12.4. The zero-order valence-electron chi connectivity index (χ0n) is 9.83. The van der Waals surface area contributed by atoms with E-state index in [1.165, 1.54) is 6.07 Å². The van der Waals surface area contributed by atoms with Gasteiger partial charge in [-0.05, 0) is 36.4 Å². The van der Waals surface area contributed by atoms with E-state index in [-0.39, 0.29) is 5.69 Å². The molecule has 2 rings (SSSR count). The molecule has 0 aliphatic rings. The van der Waals surface area contributed by atoms with Gasteiger partial charge in [-0.3, -0.25) is 10.1 Å². The first-order valence-corrected chi connectivity index (χ1v) is 5.41. The van der Waals surface area contributed by atoms with Gasteiger partial charge in [0.15, 0.2) is 0 Å². The molecule has 94 valence electrons. The maximum atomic E-state index is 10.9. The lowest BCUT2D eigenvalue weighted by Crippen LogP contribution is -1.98. The molecule has 0 heterocycles. The summed E-state index contributed by atoms with van der Waals surface area (Å²) in [5.41, 5.74) is 7.30. The van der Waals surface area contributed by atoms with E-state index in [0.717, 1.165) is 0 Å². The number of nitrogens with two attached hydrogens (primary N) is 1. The Labute approximate surface area is 109 Å². The van der Waals surface area contributed by atoms with Crippen molar-refractivity contribution >= 4 is 22.7 Å². The minimum Gasteiger partial charge on any atom is -0.399 e. The number of hydrogen-bond donors (Lipinski definition) is 2. The normalized spacial score (nSPS) is 9.63. The van der Waals surface area contributed by atoms with Gasteiger partial charge in [0, 0.05) is 17.4 Å². The Morgan fingerprint density at radius 3 is 2.47 bits per heavy atom. The molecule has 19 heavy (non-hydrogen) atoms. The summed E-state index contributed by atoms with van der Waals surface area (Å²) in [4.78, 5) is 10.4. The minimum atomic E-state index is -0.498. The smallest absolute Gasteiger partial charge is 0.294 e. The molecule has 0 unspecified atom stereocenters. The summed E-state index contributed by atoms with van der Waals surface area (Å²) in [6, 6.07) is 13.0. The summed E-state index contributed by atoms with van der Waals surface area (Å²) in [5.74, 6) is 0. The van der Waals surface area contributed by atoms with Gasteiger partial charge < -0.3 is 11.1 Å². The third kappa shape index (κ3) is 2.79. The number of nitro benzene ring substituents is 1. The summed E-state index contributed by atoms with van der Waals surface area (Å²) in [6.45, 7) is 0. The Morgan fingerprint density at radius 2 is 1.89 bits per heavy atom. The van der Waals surface area contributed by atoms with Gasteiger partial charge in [-0.1, -0.05) is 0 Å². The van der Waals surface area contributed by atoms with Crippen LogP contribution >= 0.6 is 0 Å². The Balaban J connectivity index is 2.32. The summed E-state index contributed by atoms with van der Waals surface area (Å²) in [6.07, 6.45) is 0. The molecule has 0 amide bonds. The average Bonchev–Trinajstić information content (AvgIpc) is 2.41. The summed E-state index contributed by atoms with van der Waals surface area (Å²) < 4.78 is 0. The van der Waals surface area contributed by atoms with Gasteiger partial charge in [-0.15, -0.1) is 0 Å². The van der Waals surface area contributed by atoms with Crippen LogP contribution in [0.15, 0.2) is 42.5 Å². The topological polar surface area (TPSA) is 105 Å². The summed E-state index contributed by atoms with van der Waals surface area (Å²) >= 11 is 0. The van der Waals surface area contributed by atoms with Gasteiger partial charge in [0.2, 0.25) is 0 Å². The minimum absolute atomic E-state index is 0.0932. The molecule has 6 nitrogen and oxygen atoms in total. The zero-order chi connectivity index (χ0) is 13.8. The average molecular weight is 254 g/mol. The van der Waals surface area contributed by atoms with E-state index in [0.29, 0.717) is 22.6 Å². The highest BCUT2D eigenvalue weighted by Gasteiger charge is 2.13. The number of hydrogen-bond acceptors (Lipinski definition) is 5. The van der Waals surface area contributed by atoms with Crippen molar-refractivity contribution in [2.45, 2.75) is 0 Å². The van der Waals surface area contributed by atoms with Crippen LogP contribution < -0.4 is 11.1 Å². The van der Waals surface area contributed by atoms with Crippen LogP contribution in [0.5, 0.6) is 0 Å². The van der Waals surface area contributed by atoms with Crippen LogP contribution in [0.2, 0.25) is 0 Å². The largest absolute Gasteiger partial charge is 0.399 e. The molecule has 6 heteroatoms. The molecule has 0 radical (unpaired) electrons. The maximum absolute atomic E-state index is 10.9. The van der Waals surface area contributed by atoms with E-state index in [1.807, 2.05) is 6.07 Å². The zero-order valence-corrected chi connectivity index (χ0v) is 9.83. The summed E-state index contributed by atoms with van der Waals surface area (Å²) in [5, 5.41) is 22.5. The van der Waals surface area contributed by atoms with Gasteiger partial charge in [0.1, 0.15) is 5.69 Å². The lowest BCUT2D eigenvalue weighted by molar-refractivity contribution is -0.383. The van der Waals surface area contributed by atoms with Gasteiger partial charge in [-0.25, -0.2) is 0 Å². The molecular formula is C13H10N4O2. The van der Waals surface area contributed by atoms with Gasteiger partial charge >= 0.3 is 0 Å². The molecule has 0 saturated carbocycles. The molecule has 0 fully saturated rings. The molecule has 0 aliphatic heterocycles. The Kier molecular flexibility index (Phi) is 3.30. The molecule has 0 aromatic heterocycles. The van der Waals surface area contributed by atoms with Crippen molar-refractivity contribution in [1.29, 1.82) is 5.26 Å². The molecule has 0 saturated heterocycles. The standard InChI is InChI=1S/C13H10N4O2/c14-8-9-1-4-11(5-2-9)16-12-6-3-10(15)7-13(12)17(18)19/h1-7,16H,15H2. The van der Waals surface area contributed by atoms with Crippen molar-refractivity contribution in [3.05, 3.63) is 58.1 Å². The molecule has 0 spiro atoms. The van der Waals surface area contributed by atoms with E-state index in [1.54, 1.807) is 36.4 Å². The molecule has 2 aromatic rings. The lowest BCUT2D eigenvalue weighted by atomic mass is 10.2. The highest BCUT2D eigenvalue weighted by molar-refractivity contribution is 5.72. The second-order valence-electron chi connectivity index (χ2n) is 3.85. The van der Waals surface area contributed by atoms with E-state index in [4.69, 9.17) is 11.0 Å². The Morgan fingerprint density at radius 1 is 1.21 bits per heavy atom. The Hall–Kier alpha value is -3.07. The highest BCUT2D eigenvalue weighted by Crippen LogP contribution is 2.29. The number of nitrogen functional groups attached to an aromatic ring is 1. The van der Waals surface area contributed by atoms with Crippen LogP contribution in [0.3, 0.4) is 0 Å². The number of nitrogens with one attached hydrogen (secondary N) is 1. The van der Waals surface area contributed by atoms with Crippen molar-refractivity contribution in [2.75, 3.05) is 11.1 Å². The van der Waals surface area contributed by atoms with E-state index < -0.39 is 4.92 Å². The fourth-order valence-corrected chi connectivity index (χ4v) is 1.59. The van der Waals surface area contributed by atoms with Gasteiger partial charge in [0.05, 0.1) is 16.6 Å². The van der Waals surface area contributed by atoms with Crippen LogP contribution in [0.4, 0.5) is 22.7 Å². The molecule has 0 bridgehead atoms. The van der Waals surface area contributed by atoms with Crippen molar-refractivity contribution in [1.82, 2.24) is 0 Å². The number of nitrogens with zero attached hydrogens (tertiary/aromatic N) is 2. The third-order valence-electron chi connectivity index (χ3n) is 2.51. The van der Waals surface area contributed by atoms with Crippen LogP contribution in [-0.4, -0.2) is 4.92 Å². The van der Waals surface area contributed by atoms with Crippen LogP contribution in [-0.2, 0) is 0 Å². The van der Waals surface area contributed by atoms with Crippen molar-refractivity contribution in [3.63, 3.8) is 0 Å². The lowest BCUT2D eigenvalue weighted by Gasteiger charge is -2.07. The first-order chi connectivity index (χ1) is 9.10. The van der Waals surface area contributed by atoms with Crippen molar-refractivity contribution < 1.29 is 4.92 Å². The monoisotopic (exact) mass is 254 g/mol. The number of benzene rings is 2. The summed E-state index contributed by atoms with van der Waals surface area (Å²) in [7, 11) is 0. The Bertz CT molecular complexity index is 659. The highest BCUT2D eigenvalue weighted by atomic mass is 16.6. The van der Waals surface area contributed by atoms with Crippen LogP contribution in [0.25, 0.3) is 0 Å². The van der Waals surface area contributed by atoms with E-state index >= 15 is 0 Å². The molecule has 0 atom stereocenters. The fraction of sp³-hybridized carbons (Fsp3) is 0. The number of nitriles is 1. The molecule has 2 aromatic carbocycles. The fourth-order valence-electron chi connectivity index (χ4n) is 1.59. The number of anilines is 3. The molecule has 0 aliphatic carbocycles. The van der Waals surface area contributed by atoms with Gasteiger partial charge in [-0.2, -0.15) is 5.26 Å². The van der Waals surface area contributed by atoms with Crippen molar-refractivity contribution in [3.8, 4) is 6.07 Å². The van der Waals surface area contributed by atoms with E-state index in [9.17, 15) is 10.1 Å². The second kappa shape index (κ2) is 5.06. The molecular weight excluding hydrogens is 244 g/mol. The first-order valence-electron chi connectivity index (χ1n) is 5.41. The quantitative estimate of drug-likeness (QED) is 0.497. The van der Waals surface area contributed by atoms with Crippen LogP contribution in [0, 0.1) is 21.4 Å². The number of nitro groups is 1. The van der Waals surface area contributed by atoms with E-state index in [2.05, 4.69) is 5.32 Å². The predicted molar refractivity (Wildman–Crippen MR) is 71.9 cm³/mol. The maximum Gasteiger partial charge on any atom is 0.294 e. The second-order valence-corrected chi connectivity index (χ2v) is 3.85. The third-order valence-corrected chi connectivity index (χ3v) is 2.51. The van der Waals surface area contributed by atoms with Gasteiger partial charge in [0.25, 0.3) is 5.69 Å². The SMILES string of the molecule is N#Cc1ccc(Nc2ccc(N)cc2[N+](=O)[O-])cc1. The molecule has 3 N–H and O–H groups in total.